The molecule has 2 atom stereocenters. The molecule has 1 aromatic carbocycles. The van der Waals surface area contributed by atoms with Crippen molar-refractivity contribution in [1.29, 1.82) is 0 Å². The monoisotopic (exact) mass is 403 g/mol. The quantitative estimate of drug-likeness (QED) is 0.635. The first-order chi connectivity index (χ1) is 14.2. The molecule has 3 heterocycles. The van der Waals surface area contributed by atoms with Crippen molar-refractivity contribution < 1.29 is 19.0 Å². The summed E-state index contributed by atoms with van der Waals surface area (Å²) in [5.41, 5.74) is 1.25. The van der Waals surface area contributed by atoms with Gasteiger partial charge < -0.3 is 19.1 Å². The lowest BCUT2D eigenvalue weighted by molar-refractivity contribution is -0.133. The zero-order chi connectivity index (χ0) is 20.1. The minimum Gasteiger partial charge on any atom is -0.494 e. The fraction of sp³-hybridized carbons (Fsp3) is 0.682. The number of fused-ring (bicyclic) bond motifs is 3. The zero-order valence-corrected chi connectivity index (χ0v) is 17.4. The first kappa shape index (κ1) is 20.6. The summed E-state index contributed by atoms with van der Waals surface area (Å²) in [5, 5.41) is 0. The SMILES string of the molecule is CN1C(=O)[C@H]2COC[C@@H]1CN(Cc1ccc(OCCCN3CCOCC3)cc1)C2. The van der Waals surface area contributed by atoms with Crippen molar-refractivity contribution in [3.63, 3.8) is 0 Å². The van der Waals surface area contributed by atoms with Crippen LogP contribution in [0.15, 0.2) is 24.3 Å². The predicted molar refractivity (Wildman–Crippen MR) is 110 cm³/mol. The number of ether oxygens (including phenoxy) is 3. The first-order valence-electron chi connectivity index (χ1n) is 10.8. The van der Waals surface area contributed by atoms with Crippen molar-refractivity contribution >= 4 is 5.91 Å². The zero-order valence-electron chi connectivity index (χ0n) is 17.4. The lowest BCUT2D eigenvalue weighted by atomic mass is 10.1. The summed E-state index contributed by atoms with van der Waals surface area (Å²) in [6, 6.07) is 8.54. The van der Waals surface area contributed by atoms with Gasteiger partial charge in [0.1, 0.15) is 5.75 Å². The van der Waals surface area contributed by atoms with Gasteiger partial charge in [-0.3, -0.25) is 14.6 Å². The highest BCUT2D eigenvalue weighted by Gasteiger charge is 2.37. The van der Waals surface area contributed by atoms with E-state index in [2.05, 4.69) is 34.1 Å². The second kappa shape index (κ2) is 9.89. The van der Waals surface area contributed by atoms with E-state index in [1.54, 1.807) is 0 Å². The van der Waals surface area contributed by atoms with Crippen LogP contribution in [0.5, 0.6) is 5.75 Å². The van der Waals surface area contributed by atoms with E-state index >= 15 is 0 Å². The van der Waals surface area contributed by atoms with Gasteiger partial charge in [-0.2, -0.15) is 0 Å². The summed E-state index contributed by atoms with van der Waals surface area (Å²) in [6.45, 7) is 9.19. The number of amides is 1. The van der Waals surface area contributed by atoms with E-state index in [0.29, 0.717) is 13.2 Å². The van der Waals surface area contributed by atoms with E-state index in [9.17, 15) is 4.79 Å². The molecular weight excluding hydrogens is 370 g/mol. The highest BCUT2D eigenvalue weighted by molar-refractivity contribution is 5.79. The molecule has 0 saturated carbocycles. The van der Waals surface area contributed by atoms with Crippen molar-refractivity contribution in [1.82, 2.24) is 14.7 Å². The molecule has 7 nitrogen and oxygen atoms in total. The fourth-order valence-corrected chi connectivity index (χ4v) is 4.37. The molecule has 1 amide bonds. The number of morpholine rings is 1. The molecule has 29 heavy (non-hydrogen) atoms. The predicted octanol–water partition coefficient (Wildman–Crippen LogP) is 1.08. The van der Waals surface area contributed by atoms with Gasteiger partial charge >= 0.3 is 0 Å². The van der Waals surface area contributed by atoms with Crippen LogP contribution < -0.4 is 4.74 Å². The molecule has 0 radical (unpaired) electrons. The summed E-state index contributed by atoms with van der Waals surface area (Å²) in [5.74, 6) is 1.09. The number of likely N-dealkylation sites (N-methyl/N-ethyl adjacent to an activating group) is 1. The number of carbonyl (C=O) groups is 1. The third-order valence-corrected chi connectivity index (χ3v) is 6.14. The lowest BCUT2D eigenvalue weighted by Crippen LogP contribution is -2.42. The maximum absolute atomic E-state index is 12.5. The van der Waals surface area contributed by atoms with Gasteiger partial charge in [0.25, 0.3) is 0 Å². The molecule has 3 fully saturated rings. The highest BCUT2D eigenvalue weighted by Crippen LogP contribution is 2.22. The van der Waals surface area contributed by atoms with Crippen LogP contribution in [0.1, 0.15) is 12.0 Å². The molecule has 160 valence electrons. The van der Waals surface area contributed by atoms with Crippen molar-refractivity contribution in [2.45, 2.75) is 19.0 Å². The fourth-order valence-electron chi connectivity index (χ4n) is 4.37. The van der Waals surface area contributed by atoms with Gasteiger partial charge in [0.2, 0.25) is 5.91 Å². The molecule has 3 saturated heterocycles. The number of rotatable bonds is 7. The van der Waals surface area contributed by atoms with Gasteiger partial charge in [0, 0.05) is 46.3 Å². The van der Waals surface area contributed by atoms with Crippen LogP contribution in [0.4, 0.5) is 0 Å². The summed E-state index contributed by atoms with van der Waals surface area (Å²) >= 11 is 0. The van der Waals surface area contributed by atoms with Gasteiger partial charge in [-0.15, -0.1) is 0 Å². The molecule has 3 aliphatic rings. The van der Waals surface area contributed by atoms with Crippen LogP contribution in [0.3, 0.4) is 0 Å². The Bertz CT molecular complexity index is 663. The summed E-state index contributed by atoms with van der Waals surface area (Å²) in [4.78, 5) is 19.2. The van der Waals surface area contributed by atoms with Crippen LogP contribution in [-0.4, -0.2) is 99.5 Å². The summed E-state index contributed by atoms with van der Waals surface area (Å²) < 4.78 is 17.0. The summed E-state index contributed by atoms with van der Waals surface area (Å²) in [7, 11) is 1.91. The Balaban J connectivity index is 1.23. The molecule has 0 N–H and O–H groups in total. The average molecular weight is 404 g/mol. The minimum absolute atomic E-state index is 0.0541. The molecule has 0 aliphatic carbocycles. The van der Waals surface area contributed by atoms with Gasteiger partial charge in [-0.25, -0.2) is 0 Å². The lowest BCUT2D eigenvalue weighted by Gasteiger charge is -2.29. The maximum atomic E-state index is 12.5. The normalized spacial score (nSPS) is 26.4. The number of hydrogen-bond donors (Lipinski definition) is 0. The van der Waals surface area contributed by atoms with E-state index in [4.69, 9.17) is 14.2 Å². The number of nitrogens with zero attached hydrogens (tertiary/aromatic N) is 3. The van der Waals surface area contributed by atoms with E-state index in [1.807, 2.05) is 11.9 Å². The third-order valence-electron chi connectivity index (χ3n) is 6.14. The number of hydrogen-bond acceptors (Lipinski definition) is 6. The largest absolute Gasteiger partial charge is 0.494 e. The Hall–Kier alpha value is -1.67. The Morgan fingerprint density at radius 1 is 1.03 bits per heavy atom. The molecule has 4 rings (SSSR count). The Morgan fingerprint density at radius 2 is 1.83 bits per heavy atom. The van der Waals surface area contributed by atoms with Crippen LogP contribution in [0, 0.1) is 5.92 Å². The van der Waals surface area contributed by atoms with Crippen LogP contribution in [-0.2, 0) is 20.8 Å². The maximum Gasteiger partial charge on any atom is 0.229 e. The Kier molecular flexibility index (Phi) is 7.02. The molecule has 2 bridgehead atoms. The van der Waals surface area contributed by atoms with E-state index < -0.39 is 0 Å². The molecular formula is C22H33N3O4. The van der Waals surface area contributed by atoms with E-state index in [-0.39, 0.29) is 17.9 Å². The standard InChI is InChI=1S/C22H33N3O4/c1-23-20-15-25(14-19(22(23)26)16-28-17-20)13-18-3-5-21(6-4-18)29-10-2-7-24-8-11-27-12-9-24/h3-6,19-20H,2,7-17H2,1H3/t19-,20+/m1/s1. The van der Waals surface area contributed by atoms with Crippen molar-refractivity contribution in [2.24, 2.45) is 5.92 Å². The second-order valence-electron chi connectivity index (χ2n) is 8.33. The van der Waals surface area contributed by atoms with Gasteiger partial charge in [-0.05, 0) is 24.1 Å². The van der Waals surface area contributed by atoms with Crippen molar-refractivity contribution in [3.05, 3.63) is 29.8 Å². The van der Waals surface area contributed by atoms with E-state index in [0.717, 1.165) is 71.3 Å². The van der Waals surface area contributed by atoms with Crippen LogP contribution >= 0.6 is 0 Å². The van der Waals surface area contributed by atoms with Gasteiger partial charge in [0.05, 0.1) is 45.0 Å². The highest BCUT2D eigenvalue weighted by atomic mass is 16.5. The van der Waals surface area contributed by atoms with Gasteiger partial charge in [-0.1, -0.05) is 12.1 Å². The smallest absolute Gasteiger partial charge is 0.229 e. The first-order valence-corrected chi connectivity index (χ1v) is 10.8. The Labute approximate surface area is 173 Å². The number of carbonyl (C=O) groups excluding carboxylic acids is 1. The van der Waals surface area contributed by atoms with Crippen molar-refractivity contribution in [2.75, 3.05) is 72.8 Å². The second-order valence-corrected chi connectivity index (χ2v) is 8.33. The van der Waals surface area contributed by atoms with Crippen molar-refractivity contribution in [3.8, 4) is 5.75 Å². The number of benzene rings is 1. The van der Waals surface area contributed by atoms with Crippen LogP contribution in [0.2, 0.25) is 0 Å². The average Bonchev–Trinajstić information content (AvgIpc) is 2.92. The Morgan fingerprint density at radius 3 is 2.62 bits per heavy atom. The topological polar surface area (TPSA) is 54.5 Å². The molecule has 1 aromatic rings. The molecule has 7 heteroatoms. The van der Waals surface area contributed by atoms with E-state index in [1.165, 1.54) is 5.56 Å². The minimum atomic E-state index is -0.0541. The third kappa shape index (κ3) is 5.48. The van der Waals surface area contributed by atoms with Gasteiger partial charge in [0.15, 0.2) is 0 Å². The van der Waals surface area contributed by atoms with Crippen LogP contribution in [0.25, 0.3) is 0 Å². The molecule has 0 aromatic heterocycles. The molecule has 3 aliphatic heterocycles. The molecule has 0 spiro atoms. The summed E-state index contributed by atoms with van der Waals surface area (Å²) in [6.07, 6.45) is 1.03. The molecule has 0 unspecified atom stereocenters.